The molecule has 112 valence electrons. The number of nitrogens with two attached hydrogens (primary N) is 1. The Morgan fingerprint density at radius 3 is 2.71 bits per heavy atom. The van der Waals surface area contributed by atoms with Crippen molar-refractivity contribution < 1.29 is 4.79 Å². The number of carbonyl (C=O) groups excluding carboxylic acids is 1. The third kappa shape index (κ3) is 3.24. The highest BCUT2D eigenvalue weighted by Gasteiger charge is 2.33. The van der Waals surface area contributed by atoms with Crippen LogP contribution in [0.1, 0.15) is 29.9 Å². The largest absolute Gasteiger partial charge is 0.392 e. The zero-order chi connectivity index (χ0) is 14.8. The summed E-state index contributed by atoms with van der Waals surface area (Å²) in [4.78, 5) is 15.1. The minimum Gasteiger partial charge on any atom is -0.392 e. The third-order valence-corrected chi connectivity index (χ3v) is 4.61. The minimum atomic E-state index is 0.0517. The van der Waals surface area contributed by atoms with Crippen LogP contribution in [0.5, 0.6) is 0 Å². The van der Waals surface area contributed by atoms with Gasteiger partial charge in [0.1, 0.15) is 0 Å². The lowest BCUT2D eigenvalue weighted by molar-refractivity contribution is -0.124. The number of hydrogen-bond donors (Lipinski definition) is 2. The summed E-state index contributed by atoms with van der Waals surface area (Å²) in [5.74, 6) is 0.234. The van der Waals surface area contributed by atoms with Gasteiger partial charge in [-0.25, -0.2) is 0 Å². The molecule has 0 radical (unpaired) electrons. The Balaban J connectivity index is 1.48. The van der Waals surface area contributed by atoms with Crippen molar-refractivity contribution in [2.45, 2.75) is 31.2 Å². The van der Waals surface area contributed by atoms with Gasteiger partial charge in [0.2, 0.25) is 5.91 Å². The molecule has 21 heavy (non-hydrogen) atoms. The Labute approximate surface area is 130 Å². The molecule has 1 unspecified atom stereocenters. The Bertz CT molecular complexity index is 552. The topological polar surface area (TPSA) is 58.4 Å². The molecule has 0 bridgehead atoms. The first kappa shape index (κ1) is 14.5. The molecule has 3 rings (SSSR count). The van der Waals surface area contributed by atoms with Crippen molar-refractivity contribution in [2.75, 3.05) is 19.6 Å². The van der Waals surface area contributed by atoms with Gasteiger partial charge < -0.3 is 11.1 Å². The number of nitrogens with zero attached hydrogens (tertiary/aromatic N) is 1. The van der Waals surface area contributed by atoms with Crippen molar-refractivity contribution in [1.29, 1.82) is 0 Å². The maximum atomic E-state index is 12.4. The van der Waals surface area contributed by atoms with Crippen molar-refractivity contribution >= 4 is 23.1 Å². The van der Waals surface area contributed by atoms with Gasteiger partial charge in [0.05, 0.1) is 10.9 Å². The summed E-state index contributed by atoms with van der Waals surface area (Å²) in [5, 5.41) is 3.21. The monoisotopic (exact) mass is 303 g/mol. The van der Waals surface area contributed by atoms with Crippen LogP contribution in [0.2, 0.25) is 0 Å². The molecule has 1 amide bonds. The average Bonchev–Trinajstić information content (AvgIpc) is 2.42. The van der Waals surface area contributed by atoms with Crippen LogP contribution < -0.4 is 11.1 Å². The first-order chi connectivity index (χ1) is 10.1. The van der Waals surface area contributed by atoms with Gasteiger partial charge in [-0.15, -0.1) is 0 Å². The van der Waals surface area contributed by atoms with Gasteiger partial charge in [-0.2, -0.15) is 0 Å². The zero-order valence-electron chi connectivity index (χ0n) is 12.0. The predicted octanol–water partition coefficient (Wildman–Crippen LogP) is 1.19. The van der Waals surface area contributed by atoms with Crippen molar-refractivity contribution in [2.24, 2.45) is 5.73 Å². The molecule has 4 nitrogen and oxygen atoms in total. The fourth-order valence-corrected chi connectivity index (χ4v) is 3.43. The summed E-state index contributed by atoms with van der Waals surface area (Å²) < 4.78 is 0. The predicted molar refractivity (Wildman–Crippen MR) is 87.3 cm³/mol. The van der Waals surface area contributed by atoms with E-state index in [2.05, 4.69) is 22.3 Å². The van der Waals surface area contributed by atoms with E-state index in [0.717, 1.165) is 32.4 Å². The quantitative estimate of drug-likeness (QED) is 0.821. The molecule has 0 aromatic heterocycles. The Morgan fingerprint density at radius 1 is 1.33 bits per heavy atom. The highest BCUT2D eigenvalue weighted by atomic mass is 32.1. The van der Waals surface area contributed by atoms with E-state index in [1.165, 1.54) is 11.1 Å². The van der Waals surface area contributed by atoms with E-state index in [0.29, 0.717) is 11.5 Å². The number of fused-ring (bicyclic) bond motifs is 1. The van der Waals surface area contributed by atoms with Crippen LogP contribution in [0.15, 0.2) is 24.3 Å². The lowest BCUT2D eigenvalue weighted by Gasteiger charge is -2.34. The fourth-order valence-electron chi connectivity index (χ4n) is 3.25. The van der Waals surface area contributed by atoms with Gasteiger partial charge in [0.25, 0.3) is 0 Å². The van der Waals surface area contributed by atoms with Crippen molar-refractivity contribution in [1.82, 2.24) is 10.2 Å². The van der Waals surface area contributed by atoms with Crippen LogP contribution in [0.4, 0.5) is 0 Å². The van der Waals surface area contributed by atoms with E-state index in [4.69, 9.17) is 18.0 Å². The van der Waals surface area contributed by atoms with Gasteiger partial charge in [-0.05, 0) is 30.4 Å². The van der Waals surface area contributed by atoms with Gasteiger partial charge in [-0.3, -0.25) is 9.69 Å². The molecule has 1 fully saturated rings. The van der Waals surface area contributed by atoms with E-state index in [-0.39, 0.29) is 17.9 Å². The van der Waals surface area contributed by atoms with Crippen LogP contribution in [0.3, 0.4) is 0 Å². The van der Waals surface area contributed by atoms with Crippen LogP contribution in [0.25, 0.3) is 0 Å². The number of rotatable bonds is 4. The number of hydrogen-bond acceptors (Lipinski definition) is 3. The van der Waals surface area contributed by atoms with E-state index in [1.807, 2.05) is 12.1 Å². The van der Waals surface area contributed by atoms with Gasteiger partial charge in [-0.1, -0.05) is 36.5 Å². The summed E-state index contributed by atoms with van der Waals surface area (Å²) in [6.07, 6.45) is 2.83. The second-order valence-electron chi connectivity index (χ2n) is 5.98. The molecule has 1 saturated heterocycles. The number of thiocarbonyl (C=S) groups is 1. The molecule has 5 heteroatoms. The summed E-state index contributed by atoms with van der Waals surface area (Å²) in [7, 11) is 0. The van der Waals surface area contributed by atoms with Crippen LogP contribution in [-0.2, 0) is 11.2 Å². The maximum Gasteiger partial charge on any atom is 0.228 e. The number of amides is 1. The molecular weight excluding hydrogens is 282 g/mol. The summed E-state index contributed by atoms with van der Waals surface area (Å²) in [6.45, 7) is 2.58. The molecule has 0 spiro atoms. The standard InChI is InChI=1S/C16H21N3OS/c17-15(21)10-19-7-5-12(6-8-19)18-16(20)14-9-11-3-1-2-4-13(11)14/h1-4,12,14H,5-10H2,(H2,17,21)(H,18,20). The maximum absolute atomic E-state index is 12.4. The molecule has 1 aromatic rings. The normalized spacial score (nSPS) is 22.2. The molecule has 2 aliphatic rings. The Kier molecular flexibility index (Phi) is 4.22. The van der Waals surface area contributed by atoms with Crippen LogP contribution in [0, 0.1) is 0 Å². The Morgan fingerprint density at radius 2 is 2.05 bits per heavy atom. The number of piperidine rings is 1. The first-order valence-corrected chi connectivity index (χ1v) is 7.93. The molecule has 1 aromatic carbocycles. The first-order valence-electron chi connectivity index (χ1n) is 7.52. The lowest BCUT2D eigenvalue weighted by atomic mass is 9.77. The van der Waals surface area contributed by atoms with E-state index < -0.39 is 0 Å². The molecule has 3 N–H and O–H groups in total. The van der Waals surface area contributed by atoms with Crippen molar-refractivity contribution in [3.63, 3.8) is 0 Å². The average molecular weight is 303 g/mol. The van der Waals surface area contributed by atoms with E-state index >= 15 is 0 Å². The number of carbonyl (C=O) groups is 1. The summed E-state index contributed by atoms with van der Waals surface area (Å²) in [6, 6.07) is 8.49. The summed E-state index contributed by atoms with van der Waals surface area (Å²) in [5.41, 5.74) is 8.07. The molecule has 1 aliphatic carbocycles. The minimum absolute atomic E-state index is 0.0517. The third-order valence-electron chi connectivity index (χ3n) is 4.48. The molecule has 1 atom stereocenters. The van der Waals surface area contributed by atoms with Gasteiger partial charge >= 0.3 is 0 Å². The van der Waals surface area contributed by atoms with Gasteiger partial charge in [0.15, 0.2) is 0 Å². The highest BCUT2D eigenvalue weighted by Crippen LogP contribution is 2.35. The molecule has 0 saturated carbocycles. The number of likely N-dealkylation sites (tertiary alicyclic amines) is 1. The summed E-state index contributed by atoms with van der Waals surface area (Å²) >= 11 is 4.94. The van der Waals surface area contributed by atoms with Crippen LogP contribution in [-0.4, -0.2) is 41.5 Å². The van der Waals surface area contributed by atoms with E-state index in [1.54, 1.807) is 0 Å². The lowest BCUT2D eigenvalue weighted by Crippen LogP contribution is -2.48. The number of nitrogens with one attached hydrogen (secondary N) is 1. The van der Waals surface area contributed by atoms with Crippen molar-refractivity contribution in [3.05, 3.63) is 35.4 Å². The second kappa shape index (κ2) is 6.12. The second-order valence-corrected chi connectivity index (χ2v) is 6.51. The van der Waals surface area contributed by atoms with Crippen molar-refractivity contribution in [3.8, 4) is 0 Å². The zero-order valence-corrected chi connectivity index (χ0v) is 12.9. The SMILES string of the molecule is NC(=S)CN1CCC(NC(=O)C2Cc3ccccc32)CC1. The van der Waals surface area contributed by atoms with E-state index in [9.17, 15) is 4.79 Å². The van der Waals surface area contributed by atoms with Crippen LogP contribution >= 0.6 is 12.2 Å². The fraction of sp³-hybridized carbons (Fsp3) is 0.500. The molecular formula is C16H21N3OS. The number of benzene rings is 1. The Hall–Kier alpha value is -1.46. The van der Waals surface area contributed by atoms with Gasteiger partial charge in [0, 0.05) is 25.7 Å². The molecule has 1 aliphatic heterocycles. The molecule has 1 heterocycles. The smallest absolute Gasteiger partial charge is 0.228 e. The highest BCUT2D eigenvalue weighted by molar-refractivity contribution is 7.80.